The molecule has 0 radical (unpaired) electrons. The summed E-state index contributed by atoms with van der Waals surface area (Å²) >= 11 is 5.72. The van der Waals surface area contributed by atoms with Crippen molar-refractivity contribution < 1.29 is 17.9 Å². The van der Waals surface area contributed by atoms with Crippen LogP contribution >= 0.6 is 22.3 Å². The maximum atomic E-state index is 11.8. The third-order valence-corrected chi connectivity index (χ3v) is 4.21. The van der Waals surface area contributed by atoms with Gasteiger partial charge in [0.25, 0.3) is 15.0 Å². The van der Waals surface area contributed by atoms with Crippen molar-refractivity contribution in [1.29, 1.82) is 0 Å². The summed E-state index contributed by atoms with van der Waals surface area (Å²) in [5.74, 6) is -0.429. The van der Waals surface area contributed by atoms with Crippen LogP contribution in [0.2, 0.25) is 5.02 Å². The monoisotopic (exact) mass is 325 g/mol. The van der Waals surface area contributed by atoms with E-state index >= 15 is 0 Å². The van der Waals surface area contributed by atoms with Crippen LogP contribution in [0.4, 0.5) is 0 Å². The summed E-state index contributed by atoms with van der Waals surface area (Å²) < 4.78 is 27.5. The Hall–Kier alpha value is -0.820. The van der Waals surface area contributed by atoms with E-state index < -0.39 is 15.0 Å². The number of rotatable bonds is 5. The summed E-state index contributed by atoms with van der Waals surface area (Å²) in [7, 11) is 2.76. The first-order valence-corrected chi connectivity index (χ1v) is 7.99. The standard InChI is InChI=1S/C11H13Cl2NO4S/c1-7(18-2)6-14-11(15)8-3-4-9(12)10(5-8)19(13,16)17/h3-5,7H,6H2,1-2H3,(H,14,15). The number of benzene rings is 1. The zero-order valence-corrected chi connectivity index (χ0v) is 12.6. The lowest BCUT2D eigenvalue weighted by atomic mass is 10.2. The Kier molecular flexibility index (Phi) is 5.61. The van der Waals surface area contributed by atoms with Crippen molar-refractivity contribution in [2.24, 2.45) is 0 Å². The zero-order chi connectivity index (χ0) is 14.6. The summed E-state index contributed by atoms with van der Waals surface area (Å²) in [5.41, 5.74) is 0.159. The van der Waals surface area contributed by atoms with Gasteiger partial charge in [-0.3, -0.25) is 4.79 Å². The lowest BCUT2D eigenvalue weighted by Gasteiger charge is -2.11. The first-order valence-electron chi connectivity index (χ1n) is 5.31. The van der Waals surface area contributed by atoms with Gasteiger partial charge >= 0.3 is 0 Å². The lowest BCUT2D eigenvalue weighted by molar-refractivity contribution is 0.0870. The van der Waals surface area contributed by atoms with E-state index in [4.69, 9.17) is 27.0 Å². The molecule has 1 unspecified atom stereocenters. The number of ether oxygens (including phenoxy) is 1. The van der Waals surface area contributed by atoms with Crippen LogP contribution in [0.25, 0.3) is 0 Å². The van der Waals surface area contributed by atoms with Crippen LogP contribution in [0.15, 0.2) is 23.1 Å². The molecule has 0 aliphatic rings. The van der Waals surface area contributed by atoms with Crippen molar-refractivity contribution in [2.75, 3.05) is 13.7 Å². The largest absolute Gasteiger partial charge is 0.380 e. The molecule has 0 saturated carbocycles. The van der Waals surface area contributed by atoms with E-state index in [0.717, 1.165) is 6.07 Å². The number of methoxy groups -OCH3 is 1. The summed E-state index contributed by atoms with van der Waals surface area (Å²) in [6, 6.07) is 3.86. The van der Waals surface area contributed by atoms with E-state index in [1.807, 2.05) is 0 Å². The third kappa shape index (κ3) is 4.65. The maximum Gasteiger partial charge on any atom is 0.262 e. The average Bonchev–Trinajstić information content (AvgIpc) is 2.34. The molecule has 0 aliphatic heterocycles. The maximum absolute atomic E-state index is 11.8. The Morgan fingerprint density at radius 2 is 2.11 bits per heavy atom. The third-order valence-electron chi connectivity index (χ3n) is 2.41. The highest BCUT2D eigenvalue weighted by molar-refractivity contribution is 8.13. The minimum absolute atomic E-state index is 0.0307. The lowest BCUT2D eigenvalue weighted by Crippen LogP contribution is -2.31. The Labute approximate surface area is 121 Å². The van der Waals surface area contributed by atoms with Crippen LogP contribution in [-0.2, 0) is 13.8 Å². The van der Waals surface area contributed by atoms with Crippen LogP contribution in [0.5, 0.6) is 0 Å². The Morgan fingerprint density at radius 1 is 1.47 bits per heavy atom. The molecule has 1 atom stereocenters. The van der Waals surface area contributed by atoms with Crippen molar-refractivity contribution in [3.05, 3.63) is 28.8 Å². The highest BCUT2D eigenvalue weighted by atomic mass is 35.7. The summed E-state index contributed by atoms with van der Waals surface area (Å²) in [5, 5.41) is 2.57. The molecule has 0 saturated heterocycles. The first kappa shape index (κ1) is 16.2. The molecule has 5 nitrogen and oxygen atoms in total. The SMILES string of the molecule is COC(C)CNC(=O)c1ccc(Cl)c(S(=O)(=O)Cl)c1. The fraction of sp³-hybridized carbons (Fsp3) is 0.364. The van der Waals surface area contributed by atoms with Gasteiger partial charge in [0, 0.05) is 29.9 Å². The molecule has 1 rings (SSSR count). The van der Waals surface area contributed by atoms with E-state index in [-0.39, 0.29) is 21.6 Å². The number of amides is 1. The second kappa shape index (κ2) is 6.56. The normalized spacial score (nSPS) is 13.1. The molecule has 1 aromatic rings. The van der Waals surface area contributed by atoms with Crippen LogP contribution in [0.1, 0.15) is 17.3 Å². The average molecular weight is 326 g/mol. The van der Waals surface area contributed by atoms with Gasteiger partial charge in [-0.15, -0.1) is 0 Å². The second-order valence-corrected chi connectivity index (χ2v) is 6.78. The molecule has 0 bridgehead atoms. The Morgan fingerprint density at radius 3 is 2.63 bits per heavy atom. The van der Waals surface area contributed by atoms with Crippen LogP contribution in [0, 0.1) is 0 Å². The van der Waals surface area contributed by atoms with Crippen LogP contribution < -0.4 is 5.32 Å². The van der Waals surface area contributed by atoms with Gasteiger partial charge in [0.05, 0.1) is 11.1 Å². The topological polar surface area (TPSA) is 72.5 Å². The van der Waals surface area contributed by atoms with Crippen molar-refractivity contribution in [3.63, 3.8) is 0 Å². The van der Waals surface area contributed by atoms with Gasteiger partial charge in [0.2, 0.25) is 0 Å². The van der Waals surface area contributed by atoms with E-state index in [9.17, 15) is 13.2 Å². The van der Waals surface area contributed by atoms with Crippen molar-refractivity contribution >= 4 is 37.2 Å². The highest BCUT2D eigenvalue weighted by Gasteiger charge is 2.17. The number of carbonyl (C=O) groups excluding carboxylic acids is 1. The molecule has 1 N–H and O–H groups in total. The molecule has 19 heavy (non-hydrogen) atoms. The molecular weight excluding hydrogens is 313 g/mol. The van der Waals surface area contributed by atoms with Gasteiger partial charge in [0.1, 0.15) is 4.90 Å². The number of nitrogens with one attached hydrogen (secondary N) is 1. The Bertz CT molecular complexity index is 574. The minimum atomic E-state index is -3.99. The summed E-state index contributed by atoms with van der Waals surface area (Å²) in [4.78, 5) is 11.5. The predicted octanol–water partition coefficient (Wildman–Crippen LogP) is 2.03. The minimum Gasteiger partial charge on any atom is -0.380 e. The molecule has 0 aliphatic carbocycles. The number of carbonyl (C=O) groups is 1. The summed E-state index contributed by atoms with van der Waals surface area (Å²) in [6.07, 6.45) is -0.146. The van der Waals surface area contributed by atoms with Gasteiger partial charge < -0.3 is 10.1 Å². The predicted molar refractivity (Wildman–Crippen MR) is 73.3 cm³/mol. The number of hydrogen-bond donors (Lipinski definition) is 1. The van der Waals surface area contributed by atoms with Crippen LogP contribution in [-0.4, -0.2) is 34.1 Å². The van der Waals surface area contributed by atoms with E-state index in [1.165, 1.54) is 19.2 Å². The molecule has 0 heterocycles. The van der Waals surface area contributed by atoms with Gasteiger partial charge in [-0.05, 0) is 25.1 Å². The highest BCUT2D eigenvalue weighted by Crippen LogP contribution is 2.25. The van der Waals surface area contributed by atoms with Crippen molar-refractivity contribution in [3.8, 4) is 0 Å². The zero-order valence-electron chi connectivity index (χ0n) is 10.3. The fourth-order valence-corrected chi connectivity index (χ4v) is 2.75. The quantitative estimate of drug-likeness (QED) is 0.841. The fourth-order valence-electron chi connectivity index (χ4n) is 1.25. The van der Waals surface area contributed by atoms with Crippen molar-refractivity contribution in [1.82, 2.24) is 5.32 Å². The molecule has 0 spiro atoms. The van der Waals surface area contributed by atoms with Gasteiger partial charge in [-0.1, -0.05) is 11.6 Å². The van der Waals surface area contributed by atoms with Crippen molar-refractivity contribution in [2.45, 2.75) is 17.9 Å². The van der Waals surface area contributed by atoms with Gasteiger partial charge in [-0.2, -0.15) is 0 Å². The first-order chi connectivity index (χ1) is 8.75. The molecular formula is C11H13Cl2NO4S. The smallest absolute Gasteiger partial charge is 0.262 e. The summed E-state index contributed by atoms with van der Waals surface area (Å²) in [6.45, 7) is 2.09. The molecule has 106 valence electrons. The molecule has 8 heteroatoms. The van der Waals surface area contributed by atoms with Gasteiger partial charge in [-0.25, -0.2) is 8.42 Å². The van der Waals surface area contributed by atoms with Crippen LogP contribution in [0.3, 0.4) is 0 Å². The number of hydrogen-bond acceptors (Lipinski definition) is 4. The Balaban J connectivity index is 2.94. The van der Waals surface area contributed by atoms with E-state index in [0.29, 0.717) is 6.54 Å². The number of halogens is 2. The van der Waals surface area contributed by atoms with Gasteiger partial charge in [0.15, 0.2) is 0 Å². The molecule has 0 fully saturated rings. The van der Waals surface area contributed by atoms with E-state index in [2.05, 4.69) is 5.32 Å². The molecule has 1 amide bonds. The molecule has 0 aromatic heterocycles. The second-order valence-electron chi connectivity index (χ2n) is 3.84. The van der Waals surface area contributed by atoms with E-state index in [1.54, 1.807) is 6.92 Å². The molecule has 1 aromatic carbocycles.